The molecule has 6 heteroatoms. The summed E-state index contributed by atoms with van der Waals surface area (Å²) in [5.41, 5.74) is 5.18. The van der Waals surface area contributed by atoms with Crippen LogP contribution in [0.4, 0.5) is 0 Å². The van der Waals surface area contributed by atoms with Gasteiger partial charge < -0.3 is 11.1 Å². The van der Waals surface area contributed by atoms with Crippen LogP contribution in [-0.4, -0.2) is 17.4 Å². The average Bonchev–Trinajstić information content (AvgIpc) is 2.33. The molecule has 0 aliphatic heterocycles. The van der Waals surface area contributed by atoms with Gasteiger partial charge in [0.1, 0.15) is 5.54 Å². The van der Waals surface area contributed by atoms with Crippen molar-refractivity contribution in [1.82, 2.24) is 5.32 Å². The second-order valence-corrected chi connectivity index (χ2v) is 5.95. The number of halogens is 2. The van der Waals surface area contributed by atoms with Crippen LogP contribution in [0.1, 0.15) is 32.3 Å². The van der Waals surface area contributed by atoms with E-state index in [1.54, 1.807) is 26.0 Å². The lowest BCUT2D eigenvalue weighted by molar-refractivity contribution is -0.130. The van der Waals surface area contributed by atoms with Crippen LogP contribution in [0.5, 0.6) is 0 Å². The predicted molar refractivity (Wildman–Crippen MR) is 80.8 cm³/mol. The summed E-state index contributed by atoms with van der Waals surface area (Å²) in [5, 5.41) is 3.62. The van der Waals surface area contributed by atoms with Gasteiger partial charge in [-0.2, -0.15) is 0 Å². The van der Waals surface area contributed by atoms with E-state index in [0.717, 1.165) is 5.56 Å². The lowest BCUT2D eigenvalue weighted by Gasteiger charge is -2.22. The fourth-order valence-corrected chi connectivity index (χ4v) is 1.94. The second kappa shape index (κ2) is 6.95. The average molecular weight is 317 g/mol. The van der Waals surface area contributed by atoms with E-state index in [4.69, 9.17) is 28.9 Å². The van der Waals surface area contributed by atoms with Gasteiger partial charge in [-0.05, 0) is 44.4 Å². The Labute approximate surface area is 128 Å². The number of nitrogens with one attached hydrogen (secondary N) is 1. The number of carbonyl (C=O) groups excluding carboxylic acids is 2. The molecule has 0 bridgehead atoms. The molecule has 0 unspecified atom stereocenters. The smallest absolute Gasteiger partial charge is 0.242 e. The van der Waals surface area contributed by atoms with E-state index in [9.17, 15) is 9.59 Å². The molecule has 0 aromatic heterocycles. The zero-order valence-corrected chi connectivity index (χ0v) is 13.0. The van der Waals surface area contributed by atoms with Crippen molar-refractivity contribution in [2.45, 2.75) is 38.6 Å². The van der Waals surface area contributed by atoms with Crippen molar-refractivity contribution >= 4 is 35.0 Å². The topological polar surface area (TPSA) is 72.2 Å². The van der Waals surface area contributed by atoms with Crippen LogP contribution in [0, 0.1) is 0 Å². The molecule has 0 aliphatic carbocycles. The fraction of sp³-hybridized carbons (Fsp3) is 0.429. The van der Waals surface area contributed by atoms with Gasteiger partial charge in [-0.1, -0.05) is 29.3 Å². The zero-order valence-electron chi connectivity index (χ0n) is 11.5. The molecule has 0 radical (unpaired) electrons. The molecule has 0 spiro atoms. The highest BCUT2D eigenvalue weighted by atomic mass is 35.5. The van der Waals surface area contributed by atoms with Gasteiger partial charge in [-0.15, -0.1) is 0 Å². The SMILES string of the molecule is CC(C)(NC(=O)CCCc1ccc(Cl)c(Cl)c1)C(N)=O. The van der Waals surface area contributed by atoms with Crippen molar-refractivity contribution in [3.63, 3.8) is 0 Å². The first kappa shape index (κ1) is 16.8. The van der Waals surface area contributed by atoms with E-state index in [-0.39, 0.29) is 5.91 Å². The quantitative estimate of drug-likeness (QED) is 0.847. The number of hydrogen-bond donors (Lipinski definition) is 2. The maximum absolute atomic E-state index is 11.7. The van der Waals surface area contributed by atoms with E-state index in [2.05, 4.69) is 5.32 Å². The molecule has 110 valence electrons. The van der Waals surface area contributed by atoms with Crippen LogP contribution in [0.25, 0.3) is 0 Å². The minimum absolute atomic E-state index is 0.200. The molecule has 0 fully saturated rings. The Morgan fingerprint density at radius 3 is 2.45 bits per heavy atom. The van der Waals surface area contributed by atoms with Crippen molar-refractivity contribution in [2.75, 3.05) is 0 Å². The molecule has 1 aromatic carbocycles. The number of carbonyl (C=O) groups is 2. The van der Waals surface area contributed by atoms with Gasteiger partial charge in [0, 0.05) is 6.42 Å². The van der Waals surface area contributed by atoms with Crippen LogP contribution in [0.2, 0.25) is 10.0 Å². The summed E-state index contributed by atoms with van der Waals surface area (Å²) in [6, 6.07) is 5.39. The first-order valence-corrected chi connectivity index (χ1v) is 7.03. The van der Waals surface area contributed by atoms with Crippen molar-refractivity contribution in [2.24, 2.45) is 5.73 Å². The molecule has 2 amide bonds. The third-order valence-corrected chi connectivity index (χ3v) is 3.66. The third kappa shape index (κ3) is 5.02. The fourth-order valence-electron chi connectivity index (χ4n) is 1.62. The van der Waals surface area contributed by atoms with Gasteiger partial charge >= 0.3 is 0 Å². The minimum Gasteiger partial charge on any atom is -0.368 e. The van der Waals surface area contributed by atoms with Gasteiger partial charge in [0.25, 0.3) is 0 Å². The standard InChI is InChI=1S/C14H18Cl2N2O2/c1-14(2,13(17)20)18-12(19)5-3-4-9-6-7-10(15)11(16)8-9/h6-8H,3-5H2,1-2H3,(H2,17,20)(H,18,19). The highest BCUT2D eigenvalue weighted by Gasteiger charge is 2.26. The van der Waals surface area contributed by atoms with Crippen molar-refractivity contribution in [3.05, 3.63) is 33.8 Å². The molecular formula is C14H18Cl2N2O2. The summed E-state index contributed by atoms with van der Waals surface area (Å²) in [6.07, 6.45) is 1.68. The summed E-state index contributed by atoms with van der Waals surface area (Å²) >= 11 is 11.7. The molecule has 0 saturated heterocycles. The number of primary amides is 1. The molecule has 0 atom stereocenters. The van der Waals surface area contributed by atoms with Crippen LogP contribution in [-0.2, 0) is 16.0 Å². The lowest BCUT2D eigenvalue weighted by Crippen LogP contribution is -2.52. The lowest BCUT2D eigenvalue weighted by atomic mass is 10.0. The Morgan fingerprint density at radius 2 is 1.90 bits per heavy atom. The number of rotatable bonds is 6. The molecule has 4 nitrogen and oxygen atoms in total. The predicted octanol–water partition coefficient (Wildman–Crippen LogP) is 2.70. The van der Waals surface area contributed by atoms with Crippen molar-refractivity contribution in [1.29, 1.82) is 0 Å². The summed E-state index contributed by atoms with van der Waals surface area (Å²) in [7, 11) is 0. The highest BCUT2D eigenvalue weighted by Crippen LogP contribution is 2.23. The summed E-state index contributed by atoms with van der Waals surface area (Å²) in [6.45, 7) is 3.15. The summed E-state index contributed by atoms with van der Waals surface area (Å²) in [4.78, 5) is 22.8. The minimum atomic E-state index is -1.03. The maximum Gasteiger partial charge on any atom is 0.242 e. The first-order chi connectivity index (χ1) is 9.22. The molecule has 0 aliphatic rings. The number of benzene rings is 1. The van der Waals surface area contributed by atoms with Crippen LogP contribution >= 0.6 is 23.2 Å². The third-order valence-electron chi connectivity index (χ3n) is 2.92. The van der Waals surface area contributed by atoms with E-state index in [1.165, 1.54) is 0 Å². The van der Waals surface area contributed by atoms with E-state index >= 15 is 0 Å². The van der Waals surface area contributed by atoms with Gasteiger partial charge in [-0.3, -0.25) is 9.59 Å². The van der Waals surface area contributed by atoms with Crippen molar-refractivity contribution in [3.8, 4) is 0 Å². The first-order valence-electron chi connectivity index (χ1n) is 6.27. The van der Waals surface area contributed by atoms with Gasteiger partial charge in [0.15, 0.2) is 0 Å². The molecule has 0 heterocycles. The molecule has 1 aromatic rings. The Bertz CT molecular complexity index is 516. The number of amides is 2. The van der Waals surface area contributed by atoms with E-state index in [1.807, 2.05) is 6.07 Å². The monoisotopic (exact) mass is 316 g/mol. The van der Waals surface area contributed by atoms with Crippen molar-refractivity contribution < 1.29 is 9.59 Å². The van der Waals surface area contributed by atoms with Gasteiger partial charge in [0.05, 0.1) is 10.0 Å². The van der Waals surface area contributed by atoms with Crippen LogP contribution < -0.4 is 11.1 Å². The van der Waals surface area contributed by atoms with Gasteiger partial charge in [-0.25, -0.2) is 0 Å². The highest BCUT2D eigenvalue weighted by molar-refractivity contribution is 6.42. The number of hydrogen-bond acceptors (Lipinski definition) is 2. The second-order valence-electron chi connectivity index (χ2n) is 5.14. The molecule has 0 saturated carbocycles. The summed E-state index contributed by atoms with van der Waals surface area (Å²) < 4.78 is 0. The van der Waals surface area contributed by atoms with E-state index < -0.39 is 11.4 Å². The molecule has 3 N–H and O–H groups in total. The van der Waals surface area contributed by atoms with Gasteiger partial charge in [0.2, 0.25) is 11.8 Å². The number of aryl methyl sites for hydroxylation is 1. The Hall–Kier alpha value is -1.26. The molecule has 20 heavy (non-hydrogen) atoms. The molecular weight excluding hydrogens is 299 g/mol. The Kier molecular flexibility index (Phi) is 5.84. The van der Waals surface area contributed by atoms with Crippen LogP contribution in [0.3, 0.4) is 0 Å². The normalized spacial score (nSPS) is 11.2. The largest absolute Gasteiger partial charge is 0.368 e. The zero-order chi connectivity index (χ0) is 15.3. The number of nitrogens with two attached hydrogens (primary N) is 1. The maximum atomic E-state index is 11.7. The Morgan fingerprint density at radius 1 is 1.25 bits per heavy atom. The van der Waals surface area contributed by atoms with E-state index in [0.29, 0.717) is 29.3 Å². The van der Waals surface area contributed by atoms with Crippen LogP contribution in [0.15, 0.2) is 18.2 Å². The Balaban J connectivity index is 2.42. The molecule has 1 rings (SSSR count). The summed E-state index contributed by atoms with van der Waals surface area (Å²) in [5.74, 6) is -0.760.